The second-order valence-corrected chi connectivity index (χ2v) is 13.5. The highest BCUT2D eigenvalue weighted by Gasteiger charge is 2.38. The largest absolute Gasteiger partial charge is 0.480 e. The summed E-state index contributed by atoms with van der Waals surface area (Å²) in [5, 5.41) is 10.4. The van der Waals surface area contributed by atoms with Crippen molar-refractivity contribution in [3.63, 3.8) is 0 Å². The Morgan fingerprint density at radius 2 is 1.97 bits per heavy atom. The smallest absolute Gasteiger partial charge is 0.238 e. The number of anilines is 2. The molecule has 5 heterocycles. The number of aliphatic hydroxyl groups is 1. The first-order valence-corrected chi connectivity index (χ1v) is 15.2. The molecule has 38 heavy (non-hydrogen) atoms. The molecule has 0 aromatic carbocycles. The monoisotopic (exact) mass is 562 g/mol. The van der Waals surface area contributed by atoms with E-state index in [1.54, 1.807) is 23.6 Å². The van der Waals surface area contributed by atoms with Crippen LogP contribution in [0.1, 0.15) is 24.3 Å². The first-order chi connectivity index (χ1) is 17.9. The van der Waals surface area contributed by atoms with Gasteiger partial charge in [-0.05, 0) is 26.8 Å². The number of morpholine rings is 1. The molecule has 0 atom stereocenters. The van der Waals surface area contributed by atoms with Crippen LogP contribution in [-0.4, -0.2) is 91.7 Å². The van der Waals surface area contributed by atoms with Crippen molar-refractivity contribution in [3.05, 3.63) is 22.7 Å². The molecule has 0 spiro atoms. The van der Waals surface area contributed by atoms with E-state index in [9.17, 15) is 13.5 Å². The van der Waals surface area contributed by atoms with E-state index >= 15 is 0 Å². The molecule has 0 bridgehead atoms. The summed E-state index contributed by atoms with van der Waals surface area (Å²) in [6.07, 6.45) is 2.74. The number of hydrogen-bond acceptors (Lipinski definition) is 11. The summed E-state index contributed by atoms with van der Waals surface area (Å²) in [5.41, 5.74) is 2.95. The number of sulfonamides is 1. The molecule has 3 aromatic rings. The molecule has 206 valence electrons. The number of fused-ring (bicyclic) bond motifs is 1. The van der Waals surface area contributed by atoms with E-state index in [-0.39, 0.29) is 17.5 Å². The minimum Gasteiger partial charge on any atom is -0.480 e. The maximum atomic E-state index is 12.0. The molecule has 2 aliphatic rings. The summed E-state index contributed by atoms with van der Waals surface area (Å²) in [6.45, 7) is 10.8. The highest BCUT2D eigenvalue weighted by atomic mass is 32.2. The lowest BCUT2D eigenvalue weighted by Gasteiger charge is -2.45. The summed E-state index contributed by atoms with van der Waals surface area (Å²) in [7, 11) is -2.10. The lowest BCUT2D eigenvalue weighted by molar-refractivity contribution is -0.0646. The predicted octanol–water partition coefficient (Wildman–Crippen LogP) is 2.48. The van der Waals surface area contributed by atoms with Crippen LogP contribution in [0, 0.1) is 12.8 Å². The van der Waals surface area contributed by atoms with E-state index in [0.29, 0.717) is 43.5 Å². The van der Waals surface area contributed by atoms with Gasteiger partial charge in [-0.15, -0.1) is 11.3 Å². The Balaban J connectivity index is 1.60. The fraction of sp³-hybridized carbons (Fsp3) is 0.560. The van der Waals surface area contributed by atoms with Gasteiger partial charge in [-0.3, -0.25) is 9.62 Å². The second-order valence-electron chi connectivity index (χ2n) is 10.5. The molecule has 0 saturated carbocycles. The number of hydrogen-bond donors (Lipinski definition) is 2. The molecular weight excluding hydrogens is 528 g/mol. The first-order valence-electron chi connectivity index (χ1n) is 12.5. The Kier molecular flexibility index (Phi) is 7.24. The van der Waals surface area contributed by atoms with E-state index in [0.717, 1.165) is 46.5 Å². The standard InChI is InChI=1S/C25H34N6O5S2/c1-15-18(14-30-12-17(13-30)25(2,3)32)21-22(37-15)20(27-24(28-21)31-6-8-36-9-7-31)16-10-19(29-38(5,33)34)23(35-4)26-11-16/h10-11,17,29,32H,6-9,12-14H2,1-5H3. The Bertz CT molecular complexity index is 1440. The molecule has 2 aliphatic heterocycles. The topological polar surface area (TPSA) is 130 Å². The fourth-order valence-corrected chi connectivity index (χ4v) is 6.46. The molecule has 0 aliphatic carbocycles. The van der Waals surface area contributed by atoms with Crippen LogP contribution >= 0.6 is 11.3 Å². The third kappa shape index (κ3) is 5.57. The number of rotatable bonds is 8. The maximum absolute atomic E-state index is 12.0. The van der Waals surface area contributed by atoms with Gasteiger partial charge in [0.15, 0.2) is 0 Å². The Morgan fingerprint density at radius 3 is 2.61 bits per heavy atom. The highest BCUT2D eigenvalue weighted by Crippen LogP contribution is 2.40. The van der Waals surface area contributed by atoms with E-state index < -0.39 is 15.6 Å². The molecule has 3 aromatic heterocycles. The van der Waals surface area contributed by atoms with Gasteiger partial charge in [-0.2, -0.15) is 0 Å². The summed E-state index contributed by atoms with van der Waals surface area (Å²) in [4.78, 5) is 20.0. The highest BCUT2D eigenvalue weighted by molar-refractivity contribution is 7.92. The molecule has 13 heteroatoms. The lowest BCUT2D eigenvalue weighted by Crippen LogP contribution is -2.55. The van der Waals surface area contributed by atoms with E-state index in [1.165, 1.54) is 7.11 Å². The summed E-state index contributed by atoms with van der Waals surface area (Å²) >= 11 is 1.63. The molecule has 2 saturated heterocycles. The van der Waals surface area contributed by atoms with E-state index in [4.69, 9.17) is 19.4 Å². The van der Waals surface area contributed by atoms with Crippen LogP contribution in [0.3, 0.4) is 0 Å². The summed E-state index contributed by atoms with van der Waals surface area (Å²) < 4.78 is 38.3. The second kappa shape index (κ2) is 10.2. The van der Waals surface area contributed by atoms with Crippen LogP contribution < -0.4 is 14.4 Å². The molecular formula is C25H34N6O5S2. The van der Waals surface area contributed by atoms with Gasteiger partial charge in [0.1, 0.15) is 5.69 Å². The van der Waals surface area contributed by atoms with Gasteiger partial charge in [-0.25, -0.2) is 23.4 Å². The molecule has 0 unspecified atom stereocenters. The first kappa shape index (κ1) is 27.0. The zero-order valence-corrected chi connectivity index (χ0v) is 23.9. The van der Waals surface area contributed by atoms with Crippen molar-refractivity contribution in [2.75, 3.05) is 62.4 Å². The molecule has 0 radical (unpaired) electrons. The zero-order chi connectivity index (χ0) is 27.2. The van der Waals surface area contributed by atoms with Gasteiger partial charge in [0, 0.05) is 60.8 Å². The Hall–Kier alpha value is -2.58. The predicted molar refractivity (Wildman–Crippen MR) is 148 cm³/mol. The Labute approximate surface area is 226 Å². The Morgan fingerprint density at radius 1 is 1.26 bits per heavy atom. The minimum absolute atomic E-state index is 0.181. The number of nitrogens with one attached hydrogen (secondary N) is 1. The van der Waals surface area contributed by atoms with Crippen molar-refractivity contribution in [1.82, 2.24) is 19.9 Å². The zero-order valence-electron chi connectivity index (χ0n) is 22.3. The summed E-state index contributed by atoms with van der Waals surface area (Å²) in [6, 6.07) is 1.70. The number of aromatic nitrogens is 3. The third-order valence-electron chi connectivity index (χ3n) is 7.06. The van der Waals surface area contributed by atoms with Crippen LogP contribution in [0.15, 0.2) is 12.3 Å². The van der Waals surface area contributed by atoms with E-state index in [1.807, 2.05) is 13.8 Å². The SMILES string of the molecule is COc1ncc(-c2nc(N3CCOCC3)nc3c(CN4CC(C(C)(C)O)C4)c(C)sc23)cc1NS(C)(=O)=O. The average Bonchev–Trinajstić information content (AvgIpc) is 3.14. The van der Waals surface area contributed by atoms with Crippen LogP contribution in [0.4, 0.5) is 11.6 Å². The number of aryl methyl sites for hydroxylation is 1. The van der Waals surface area contributed by atoms with E-state index in [2.05, 4.69) is 26.4 Å². The maximum Gasteiger partial charge on any atom is 0.238 e. The number of likely N-dealkylation sites (tertiary alicyclic amines) is 1. The molecule has 2 fully saturated rings. The van der Waals surface area contributed by atoms with Gasteiger partial charge < -0.3 is 19.5 Å². The molecule has 0 amide bonds. The van der Waals surface area contributed by atoms with Crippen molar-refractivity contribution in [2.45, 2.75) is 32.9 Å². The van der Waals surface area contributed by atoms with Gasteiger partial charge in [0.05, 0.1) is 48.1 Å². The fourth-order valence-electron chi connectivity index (χ4n) is 4.79. The van der Waals surface area contributed by atoms with Crippen LogP contribution in [0.2, 0.25) is 0 Å². The van der Waals surface area contributed by atoms with Crippen molar-refractivity contribution in [3.8, 4) is 17.1 Å². The quantitative estimate of drug-likeness (QED) is 0.422. The number of thiophene rings is 1. The molecule has 2 N–H and O–H groups in total. The van der Waals surface area contributed by atoms with Gasteiger partial charge in [0.25, 0.3) is 0 Å². The number of nitrogens with zero attached hydrogens (tertiary/aromatic N) is 5. The van der Waals surface area contributed by atoms with Crippen LogP contribution in [-0.2, 0) is 21.3 Å². The number of methoxy groups -OCH3 is 1. The van der Waals surface area contributed by atoms with Gasteiger partial charge in [0.2, 0.25) is 21.9 Å². The van der Waals surface area contributed by atoms with Crippen molar-refractivity contribution in [1.29, 1.82) is 0 Å². The van der Waals surface area contributed by atoms with Crippen molar-refractivity contribution in [2.24, 2.45) is 5.92 Å². The average molecular weight is 563 g/mol. The number of ether oxygens (including phenoxy) is 2. The van der Waals surface area contributed by atoms with Crippen LogP contribution in [0.5, 0.6) is 5.88 Å². The van der Waals surface area contributed by atoms with Crippen molar-refractivity contribution < 1.29 is 23.0 Å². The molecule has 11 nitrogen and oxygen atoms in total. The van der Waals surface area contributed by atoms with Gasteiger partial charge >= 0.3 is 0 Å². The lowest BCUT2D eigenvalue weighted by atomic mass is 9.84. The van der Waals surface area contributed by atoms with Crippen molar-refractivity contribution >= 4 is 43.2 Å². The normalized spacial score (nSPS) is 17.6. The molecule has 5 rings (SSSR count). The minimum atomic E-state index is -3.55. The van der Waals surface area contributed by atoms with Gasteiger partial charge in [-0.1, -0.05) is 0 Å². The number of pyridine rings is 1. The summed E-state index contributed by atoms with van der Waals surface area (Å²) in [5.74, 6) is 1.04. The third-order valence-corrected chi connectivity index (χ3v) is 8.80. The van der Waals surface area contributed by atoms with Crippen LogP contribution in [0.25, 0.3) is 21.5 Å².